The molecule has 1 aromatic rings. The molecule has 0 spiro atoms. The fourth-order valence-electron chi connectivity index (χ4n) is 1.50. The summed E-state index contributed by atoms with van der Waals surface area (Å²) in [4.78, 5) is 10.7. The van der Waals surface area contributed by atoms with Crippen LogP contribution in [0.4, 0.5) is 0 Å². The van der Waals surface area contributed by atoms with Gasteiger partial charge in [-0.15, -0.1) is 11.8 Å². The minimum absolute atomic E-state index is 0.0219. The third kappa shape index (κ3) is 2.18. The van der Waals surface area contributed by atoms with Crippen molar-refractivity contribution in [2.75, 3.05) is 5.75 Å². The van der Waals surface area contributed by atoms with Crippen molar-refractivity contribution in [3.8, 4) is 0 Å². The minimum Gasteiger partial charge on any atom is -0.480 e. The quantitative estimate of drug-likeness (QED) is 0.821. The molecule has 15 heavy (non-hydrogen) atoms. The van der Waals surface area contributed by atoms with E-state index >= 15 is 0 Å². The van der Waals surface area contributed by atoms with Crippen molar-refractivity contribution in [1.29, 1.82) is 0 Å². The molecule has 0 aliphatic carbocycles. The van der Waals surface area contributed by atoms with Gasteiger partial charge in [-0.05, 0) is 12.1 Å². The van der Waals surface area contributed by atoms with Crippen LogP contribution in [0.15, 0.2) is 16.5 Å². The van der Waals surface area contributed by atoms with Gasteiger partial charge in [0, 0.05) is 12.2 Å². The zero-order valence-corrected chi connectivity index (χ0v) is 9.21. The lowest BCUT2D eigenvalue weighted by Crippen LogP contribution is -2.33. The molecule has 0 amide bonds. The van der Waals surface area contributed by atoms with Crippen LogP contribution in [0.3, 0.4) is 0 Å². The average Bonchev–Trinajstić information content (AvgIpc) is 2.86. The van der Waals surface area contributed by atoms with E-state index in [1.165, 1.54) is 0 Å². The Balaban J connectivity index is 2.04. The van der Waals surface area contributed by atoms with Gasteiger partial charge < -0.3 is 9.52 Å². The maximum atomic E-state index is 10.7. The molecule has 4 nitrogen and oxygen atoms in total. The monoisotopic (exact) mass is 227 g/mol. The second-order valence-electron chi connectivity index (χ2n) is 3.43. The fourth-order valence-corrected chi connectivity index (χ4v) is 2.68. The molecular formula is C10H13NO3S. The molecule has 1 aliphatic rings. The molecule has 2 rings (SSSR count). The van der Waals surface area contributed by atoms with Crippen LogP contribution >= 0.6 is 11.8 Å². The first kappa shape index (κ1) is 10.6. The number of hydrogen-bond donors (Lipinski definition) is 2. The summed E-state index contributed by atoms with van der Waals surface area (Å²) in [5.41, 5.74) is 0. The van der Waals surface area contributed by atoms with E-state index in [4.69, 9.17) is 9.52 Å². The van der Waals surface area contributed by atoms with Gasteiger partial charge in [-0.2, -0.15) is 0 Å². The average molecular weight is 227 g/mol. The van der Waals surface area contributed by atoms with Crippen LogP contribution in [-0.4, -0.2) is 22.9 Å². The molecule has 1 aliphatic heterocycles. The number of hydrogen-bond acceptors (Lipinski definition) is 4. The number of carboxylic acids is 1. The maximum Gasteiger partial charge on any atom is 0.321 e. The van der Waals surface area contributed by atoms with E-state index in [-0.39, 0.29) is 5.37 Å². The van der Waals surface area contributed by atoms with Crippen molar-refractivity contribution in [2.24, 2.45) is 0 Å². The van der Waals surface area contributed by atoms with E-state index in [0.29, 0.717) is 5.75 Å². The first-order valence-corrected chi connectivity index (χ1v) is 5.94. The van der Waals surface area contributed by atoms with Gasteiger partial charge in [0.1, 0.15) is 22.9 Å². The normalized spacial score (nSPS) is 25.7. The predicted octanol–water partition coefficient (Wildman–Crippen LogP) is 1.63. The Labute approximate surface area is 92.0 Å². The van der Waals surface area contributed by atoms with Gasteiger partial charge in [-0.1, -0.05) is 6.92 Å². The number of aliphatic carboxylic acids is 1. The fraction of sp³-hybridized carbons (Fsp3) is 0.500. The number of nitrogens with one attached hydrogen (secondary N) is 1. The summed E-state index contributed by atoms with van der Waals surface area (Å²) in [5.74, 6) is 1.54. The number of carbonyl (C=O) groups is 1. The molecule has 0 radical (unpaired) electrons. The van der Waals surface area contributed by atoms with Gasteiger partial charge in [0.2, 0.25) is 0 Å². The highest BCUT2D eigenvalue weighted by Gasteiger charge is 2.31. The van der Waals surface area contributed by atoms with Crippen LogP contribution in [0, 0.1) is 0 Å². The Bertz CT molecular complexity index is 363. The van der Waals surface area contributed by atoms with Gasteiger partial charge in [-0.3, -0.25) is 10.1 Å². The molecule has 5 heteroatoms. The lowest BCUT2D eigenvalue weighted by Gasteiger charge is -2.07. The number of aryl methyl sites for hydroxylation is 1. The van der Waals surface area contributed by atoms with E-state index in [1.807, 2.05) is 19.1 Å². The molecule has 2 heterocycles. The molecule has 1 unspecified atom stereocenters. The summed E-state index contributed by atoms with van der Waals surface area (Å²) in [5, 5.41) is 11.8. The molecule has 2 N–H and O–H groups in total. The largest absolute Gasteiger partial charge is 0.480 e. The molecule has 1 saturated heterocycles. The van der Waals surface area contributed by atoms with Crippen LogP contribution in [0.25, 0.3) is 0 Å². The van der Waals surface area contributed by atoms with E-state index in [0.717, 1.165) is 17.9 Å². The van der Waals surface area contributed by atoms with Crippen molar-refractivity contribution in [2.45, 2.75) is 24.8 Å². The van der Waals surface area contributed by atoms with E-state index in [2.05, 4.69) is 5.32 Å². The highest BCUT2D eigenvalue weighted by molar-refractivity contribution is 7.99. The molecule has 82 valence electrons. The van der Waals surface area contributed by atoms with Crippen molar-refractivity contribution in [3.63, 3.8) is 0 Å². The number of furan rings is 1. The summed E-state index contributed by atoms with van der Waals surface area (Å²) in [6.45, 7) is 2.03. The highest BCUT2D eigenvalue weighted by atomic mass is 32.2. The van der Waals surface area contributed by atoms with Crippen molar-refractivity contribution >= 4 is 17.7 Å². The Morgan fingerprint density at radius 3 is 3.07 bits per heavy atom. The number of carboxylic acid groups (broad SMARTS) is 1. The SMILES string of the molecule is CCc1ccc(C2N[C@@H](C(=O)O)CS2)o1. The number of rotatable bonds is 3. The summed E-state index contributed by atoms with van der Waals surface area (Å²) in [7, 11) is 0. The Morgan fingerprint density at radius 2 is 2.53 bits per heavy atom. The van der Waals surface area contributed by atoms with Gasteiger partial charge >= 0.3 is 5.97 Å². The lowest BCUT2D eigenvalue weighted by molar-refractivity contribution is -0.138. The second kappa shape index (κ2) is 4.28. The Morgan fingerprint density at radius 1 is 1.73 bits per heavy atom. The topological polar surface area (TPSA) is 62.5 Å². The van der Waals surface area contributed by atoms with Crippen LogP contribution in [0.5, 0.6) is 0 Å². The van der Waals surface area contributed by atoms with Crippen molar-refractivity contribution in [3.05, 3.63) is 23.7 Å². The zero-order valence-electron chi connectivity index (χ0n) is 8.40. The van der Waals surface area contributed by atoms with Crippen LogP contribution < -0.4 is 5.32 Å². The maximum absolute atomic E-state index is 10.7. The van der Waals surface area contributed by atoms with Crippen molar-refractivity contribution < 1.29 is 14.3 Å². The van der Waals surface area contributed by atoms with E-state index < -0.39 is 12.0 Å². The molecule has 1 aromatic heterocycles. The Hall–Kier alpha value is -0.940. The van der Waals surface area contributed by atoms with Crippen LogP contribution in [-0.2, 0) is 11.2 Å². The predicted molar refractivity (Wildman–Crippen MR) is 57.8 cm³/mol. The minimum atomic E-state index is -0.799. The van der Waals surface area contributed by atoms with E-state index in [9.17, 15) is 4.79 Å². The van der Waals surface area contributed by atoms with Crippen LogP contribution in [0.2, 0.25) is 0 Å². The van der Waals surface area contributed by atoms with Crippen LogP contribution in [0.1, 0.15) is 23.8 Å². The zero-order chi connectivity index (χ0) is 10.8. The molecule has 1 fully saturated rings. The summed E-state index contributed by atoms with van der Waals surface area (Å²) in [6.07, 6.45) is 0.861. The summed E-state index contributed by atoms with van der Waals surface area (Å²) < 4.78 is 5.57. The first-order chi connectivity index (χ1) is 7.20. The van der Waals surface area contributed by atoms with Gasteiger partial charge in [-0.25, -0.2) is 0 Å². The second-order valence-corrected chi connectivity index (χ2v) is 4.57. The first-order valence-electron chi connectivity index (χ1n) is 4.89. The van der Waals surface area contributed by atoms with Gasteiger partial charge in [0.25, 0.3) is 0 Å². The standard InChI is InChI=1S/C10H13NO3S/c1-2-6-3-4-8(14-6)9-11-7(5-15-9)10(12)13/h3-4,7,9,11H,2,5H2,1H3,(H,12,13)/t7-,9?/m1/s1. The number of thioether (sulfide) groups is 1. The molecule has 0 aromatic carbocycles. The van der Waals surface area contributed by atoms with Crippen molar-refractivity contribution in [1.82, 2.24) is 5.32 Å². The van der Waals surface area contributed by atoms with E-state index in [1.54, 1.807) is 11.8 Å². The highest BCUT2D eigenvalue weighted by Crippen LogP contribution is 2.33. The third-order valence-electron chi connectivity index (χ3n) is 2.37. The molecule has 0 bridgehead atoms. The molecule has 0 saturated carbocycles. The third-order valence-corrected chi connectivity index (χ3v) is 3.60. The van der Waals surface area contributed by atoms with Gasteiger partial charge in [0.15, 0.2) is 0 Å². The smallest absolute Gasteiger partial charge is 0.321 e. The Kier molecular flexibility index (Phi) is 3.02. The summed E-state index contributed by atoms with van der Waals surface area (Å²) in [6, 6.07) is 3.38. The molecular weight excluding hydrogens is 214 g/mol. The lowest BCUT2D eigenvalue weighted by atomic mass is 10.3. The molecule has 2 atom stereocenters. The van der Waals surface area contributed by atoms with Gasteiger partial charge in [0.05, 0.1) is 0 Å². The summed E-state index contributed by atoms with van der Waals surface area (Å²) >= 11 is 1.57.